The molecule has 0 bridgehead atoms. The molecule has 1 atom stereocenters. The Morgan fingerprint density at radius 2 is 1.61 bits per heavy atom. The van der Waals surface area contributed by atoms with Crippen LogP contribution in [0.15, 0.2) is 66.7 Å². The highest BCUT2D eigenvalue weighted by atomic mass is 16.5. The van der Waals surface area contributed by atoms with E-state index in [1.54, 1.807) is 25.1 Å². The van der Waals surface area contributed by atoms with Gasteiger partial charge in [0.1, 0.15) is 5.82 Å². The van der Waals surface area contributed by atoms with Gasteiger partial charge < -0.3 is 15.0 Å². The molecule has 0 fully saturated rings. The summed E-state index contributed by atoms with van der Waals surface area (Å²) in [6.45, 7) is 5.40. The predicted molar refractivity (Wildman–Crippen MR) is 121 cm³/mol. The lowest BCUT2D eigenvalue weighted by Gasteiger charge is -2.17. The summed E-state index contributed by atoms with van der Waals surface area (Å²) in [6.07, 6.45) is -0.963. The Morgan fingerprint density at radius 3 is 2.35 bits per heavy atom. The van der Waals surface area contributed by atoms with Gasteiger partial charge in [-0.25, -0.2) is 9.78 Å². The third-order valence-corrected chi connectivity index (χ3v) is 5.17. The topological polar surface area (TPSA) is 84.1 Å². The van der Waals surface area contributed by atoms with Crippen molar-refractivity contribution < 1.29 is 14.3 Å². The number of aromatic amines is 1. The van der Waals surface area contributed by atoms with Crippen molar-refractivity contribution in [1.29, 1.82) is 0 Å². The number of imidazole rings is 1. The van der Waals surface area contributed by atoms with Crippen LogP contribution in [-0.2, 0) is 9.53 Å². The summed E-state index contributed by atoms with van der Waals surface area (Å²) in [5.74, 6) is -0.395. The normalized spacial score (nSPS) is 11.8. The fraction of sp³-hybridized carbons (Fsp3) is 0.160. The minimum atomic E-state index is -0.963. The molecule has 2 N–H and O–H groups in total. The molecule has 6 heteroatoms. The highest BCUT2D eigenvalue weighted by Gasteiger charge is 2.23. The third-order valence-electron chi connectivity index (χ3n) is 5.17. The maximum absolute atomic E-state index is 12.9. The SMILES string of the molecule is Cc1cccc(C)c1NC(=O)C(C)OC(=O)c1ccccc1-c1nc2ccccc2[nH]1. The molecular formula is C25H23N3O3. The van der Waals surface area contributed by atoms with E-state index >= 15 is 0 Å². The molecule has 0 spiro atoms. The van der Waals surface area contributed by atoms with Gasteiger partial charge in [0.15, 0.2) is 6.10 Å². The first-order valence-corrected chi connectivity index (χ1v) is 10.1. The highest BCUT2D eigenvalue weighted by molar-refractivity contribution is 6.01. The number of carbonyl (C=O) groups is 2. The maximum Gasteiger partial charge on any atom is 0.339 e. The number of amides is 1. The smallest absolute Gasteiger partial charge is 0.339 e. The van der Waals surface area contributed by atoms with Crippen LogP contribution < -0.4 is 5.32 Å². The van der Waals surface area contributed by atoms with Crippen LogP contribution in [0, 0.1) is 13.8 Å². The summed E-state index contributed by atoms with van der Waals surface area (Å²) in [5.41, 5.74) is 5.27. The Hall–Kier alpha value is -3.93. The van der Waals surface area contributed by atoms with E-state index in [4.69, 9.17) is 4.74 Å². The van der Waals surface area contributed by atoms with Crippen molar-refractivity contribution in [3.05, 3.63) is 83.4 Å². The number of aromatic nitrogens is 2. The molecular weight excluding hydrogens is 390 g/mol. The molecule has 0 saturated heterocycles. The Bertz CT molecular complexity index is 1220. The fourth-order valence-electron chi connectivity index (χ4n) is 3.46. The number of esters is 1. The monoisotopic (exact) mass is 413 g/mol. The summed E-state index contributed by atoms with van der Waals surface area (Å²) in [5, 5.41) is 2.86. The highest BCUT2D eigenvalue weighted by Crippen LogP contribution is 2.25. The number of hydrogen-bond acceptors (Lipinski definition) is 4. The lowest BCUT2D eigenvalue weighted by Crippen LogP contribution is -2.30. The number of H-pyrrole nitrogens is 1. The van der Waals surface area contributed by atoms with Gasteiger partial charge in [-0.1, -0.05) is 48.5 Å². The Kier molecular flexibility index (Phi) is 5.54. The van der Waals surface area contributed by atoms with Gasteiger partial charge in [-0.3, -0.25) is 4.79 Å². The molecule has 6 nitrogen and oxygen atoms in total. The molecule has 4 aromatic rings. The van der Waals surface area contributed by atoms with Gasteiger partial charge in [0.05, 0.1) is 16.6 Å². The van der Waals surface area contributed by atoms with Gasteiger partial charge in [0, 0.05) is 11.3 Å². The molecule has 1 unspecified atom stereocenters. The molecule has 1 aromatic heterocycles. The van der Waals surface area contributed by atoms with E-state index < -0.39 is 12.1 Å². The number of nitrogens with one attached hydrogen (secondary N) is 2. The lowest BCUT2D eigenvalue weighted by atomic mass is 10.1. The van der Waals surface area contributed by atoms with Gasteiger partial charge in [-0.15, -0.1) is 0 Å². The van der Waals surface area contributed by atoms with E-state index in [0.29, 0.717) is 17.0 Å². The first-order chi connectivity index (χ1) is 14.9. The maximum atomic E-state index is 12.9. The number of ether oxygens (including phenoxy) is 1. The van der Waals surface area contributed by atoms with Crippen molar-refractivity contribution in [2.24, 2.45) is 0 Å². The molecule has 4 rings (SSSR count). The Labute approximate surface area is 180 Å². The zero-order chi connectivity index (χ0) is 22.0. The van der Waals surface area contributed by atoms with Crippen molar-refractivity contribution in [2.45, 2.75) is 26.9 Å². The van der Waals surface area contributed by atoms with E-state index in [2.05, 4.69) is 15.3 Å². The average molecular weight is 413 g/mol. The standard InChI is InChI=1S/C25H23N3O3/c1-15-9-8-10-16(2)22(15)28-24(29)17(3)31-25(30)19-12-5-4-11-18(19)23-26-20-13-6-7-14-21(20)27-23/h4-14,17H,1-3H3,(H,26,27)(H,28,29). The minimum absolute atomic E-state index is 0.341. The summed E-state index contributed by atoms with van der Waals surface area (Å²) in [6, 6.07) is 20.5. The molecule has 0 aliphatic heterocycles. The summed E-state index contributed by atoms with van der Waals surface area (Å²) in [7, 11) is 0. The van der Waals surface area contributed by atoms with Crippen LogP contribution in [-0.4, -0.2) is 27.9 Å². The van der Waals surface area contributed by atoms with Crippen LogP contribution in [0.1, 0.15) is 28.4 Å². The van der Waals surface area contributed by atoms with Crippen molar-refractivity contribution in [1.82, 2.24) is 9.97 Å². The van der Waals surface area contributed by atoms with Crippen molar-refractivity contribution >= 4 is 28.6 Å². The van der Waals surface area contributed by atoms with Crippen LogP contribution in [0.3, 0.4) is 0 Å². The number of nitrogens with zero attached hydrogens (tertiary/aromatic N) is 1. The van der Waals surface area contributed by atoms with E-state index in [1.165, 1.54) is 0 Å². The quantitative estimate of drug-likeness (QED) is 0.450. The van der Waals surface area contributed by atoms with Gasteiger partial charge in [-0.05, 0) is 50.1 Å². The molecule has 156 valence electrons. The number of para-hydroxylation sites is 3. The number of rotatable bonds is 5. The second-order valence-electron chi connectivity index (χ2n) is 7.45. The van der Waals surface area contributed by atoms with Crippen LogP contribution in [0.2, 0.25) is 0 Å². The molecule has 0 saturated carbocycles. The largest absolute Gasteiger partial charge is 0.449 e. The van der Waals surface area contributed by atoms with Gasteiger partial charge in [-0.2, -0.15) is 0 Å². The summed E-state index contributed by atoms with van der Waals surface area (Å²) in [4.78, 5) is 33.4. The van der Waals surface area contributed by atoms with E-state index in [-0.39, 0.29) is 5.91 Å². The molecule has 1 amide bonds. The lowest BCUT2D eigenvalue weighted by molar-refractivity contribution is -0.123. The molecule has 1 heterocycles. The molecule has 0 aliphatic rings. The van der Waals surface area contributed by atoms with Crippen molar-refractivity contribution in [3.8, 4) is 11.4 Å². The molecule has 0 radical (unpaired) electrons. The van der Waals surface area contributed by atoms with Gasteiger partial charge >= 0.3 is 5.97 Å². The van der Waals surface area contributed by atoms with Crippen molar-refractivity contribution in [2.75, 3.05) is 5.32 Å². The number of aryl methyl sites for hydroxylation is 2. The van der Waals surface area contributed by atoms with Crippen LogP contribution in [0.25, 0.3) is 22.4 Å². The Balaban J connectivity index is 1.54. The van der Waals surface area contributed by atoms with Crippen LogP contribution >= 0.6 is 0 Å². The van der Waals surface area contributed by atoms with Crippen LogP contribution in [0.4, 0.5) is 5.69 Å². The van der Waals surface area contributed by atoms with Crippen LogP contribution in [0.5, 0.6) is 0 Å². The number of benzene rings is 3. The van der Waals surface area contributed by atoms with Gasteiger partial charge in [0.2, 0.25) is 0 Å². The summed E-state index contributed by atoms with van der Waals surface area (Å²) < 4.78 is 5.49. The number of carbonyl (C=O) groups excluding carboxylic acids is 2. The second-order valence-corrected chi connectivity index (χ2v) is 7.45. The second kappa shape index (κ2) is 8.44. The summed E-state index contributed by atoms with van der Waals surface area (Å²) >= 11 is 0. The Morgan fingerprint density at radius 1 is 0.935 bits per heavy atom. The van der Waals surface area contributed by atoms with E-state index in [0.717, 1.165) is 27.8 Å². The van der Waals surface area contributed by atoms with E-state index in [1.807, 2.05) is 62.4 Å². The zero-order valence-electron chi connectivity index (χ0n) is 17.6. The average Bonchev–Trinajstić information content (AvgIpc) is 3.20. The van der Waals surface area contributed by atoms with Crippen molar-refractivity contribution in [3.63, 3.8) is 0 Å². The predicted octanol–water partition coefficient (Wildman–Crippen LogP) is 5.03. The minimum Gasteiger partial charge on any atom is -0.449 e. The zero-order valence-corrected chi connectivity index (χ0v) is 17.6. The first kappa shape index (κ1) is 20.3. The molecule has 0 aliphatic carbocycles. The molecule has 3 aromatic carbocycles. The van der Waals surface area contributed by atoms with Gasteiger partial charge in [0.25, 0.3) is 5.91 Å². The fourth-order valence-corrected chi connectivity index (χ4v) is 3.46. The molecule has 31 heavy (non-hydrogen) atoms. The van der Waals surface area contributed by atoms with E-state index in [9.17, 15) is 9.59 Å². The number of anilines is 1. The number of hydrogen-bond donors (Lipinski definition) is 2. The third kappa shape index (κ3) is 4.19. The first-order valence-electron chi connectivity index (χ1n) is 10.1. The number of fused-ring (bicyclic) bond motifs is 1.